The van der Waals surface area contributed by atoms with Crippen molar-refractivity contribution in [1.82, 2.24) is 5.06 Å². The van der Waals surface area contributed by atoms with Gasteiger partial charge >= 0.3 is 6.16 Å². The Labute approximate surface area is 176 Å². The fraction of sp³-hybridized carbons (Fsp3) is 0.625. The summed E-state index contributed by atoms with van der Waals surface area (Å²) in [5.74, 6) is 0.613. The number of rotatable bonds is 7. The Hall–Kier alpha value is -1.85. The monoisotopic (exact) mass is 403 g/mol. The van der Waals surface area contributed by atoms with E-state index in [1.54, 1.807) is 19.9 Å². The quantitative estimate of drug-likeness (QED) is 0.511. The first-order valence-corrected chi connectivity index (χ1v) is 10.5. The van der Waals surface area contributed by atoms with Crippen LogP contribution >= 0.6 is 0 Å². The molecular weight excluding hydrogens is 366 g/mol. The van der Waals surface area contributed by atoms with Crippen molar-refractivity contribution in [1.29, 1.82) is 0 Å². The summed E-state index contributed by atoms with van der Waals surface area (Å²) in [5, 5.41) is 2.10. The summed E-state index contributed by atoms with van der Waals surface area (Å²) < 4.78 is 10.5. The van der Waals surface area contributed by atoms with Crippen molar-refractivity contribution < 1.29 is 19.1 Å². The van der Waals surface area contributed by atoms with Crippen LogP contribution in [0.5, 0.6) is 0 Å². The number of carbonyl (C=O) groups excluding carboxylic acids is 1. The van der Waals surface area contributed by atoms with Crippen LogP contribution in [0.25, 0.3) is 6.08 Å². The van der Waals surface area contributed by atoms with Crippen molar-refractivity contribution in [3.05, 3.63) is 42.0 Å². The van der Waals surface area contributed by atoms with Crippen molar-refractivity contribution in [2.45, 2.75) is 84.6 Å². The maximum atomic E-state index is 12.0. The van der Waals surface area contributed by atoms with E-state index in [1.165, 1.54) is 0 Å². The SMILES string of the molecule is C=Cc1ccc(C(COC(=O)OC(C)C)ON2C(C)(C)CC(C)CC2(C)C)cc1. The lowest BCUT2D eigenvalue weighted by molar-refractivity contribution is -0.316. The molecule has 0 saturated carbocycles. The third kappa shape index (κ3) is 6.31. The van der Waals surface area contributed by atoms with Gasteiger partial charge in [-0.3, -0.25) is 4.84 Å². The van der Waals surface area contributed by atoms with Crippen molar-refractivity contribution in [3.63, 3.8) is 0 Å². The Morgan fingerprint density at radius 3 is 2.21 bits per heavy atom. The summed E-state index contributed by atoms with van der Waals surface area (Å²) in [6.45, 7) is 18.6. The number of hydrogen-bond donors (Lipinski definition) is 0. The topological polar surface area (TPSA) is 48.0 Å². The molecule has 0 spiro atoms. The molecule has 5 nitrogen and oxygen atoms in total. The van der Waals surface area contributed by atoms with Gasteiger partial charge in [-0.1, -0.05) is 43.8 Å². The van der Waals surface area contributed by atoms with Crippen LogP contribution in [0.3, 0.4) is 0 Å². The number of hydrogen-bond acceptors (Lipinski definition) is 5. The molecule has 1 heterocycles. The highest BCUT2D eigenvalue weighted by molar-refractivity contribution is 5.60. The lowest BCUT2D eigenvalue weighted by Gasteiger charge is -2.54. The van der Waals surface area contributed by atoms with Gasteiger partial charge in [0.05, 0.1) is 6.10 Å². The van der Waals surface area contributed by atoms with E-state index in [9.17, 15) is 4.79 Å². The molecule has 0 aliphatic carbocycles. The molecule has 0 radical (unpaired) electrons. The third-order valence-corrected chi connectivity index (χ3v) is 5.26. The summed E-state index contributed by atoms with van der Waals surface area (Å²) in [6.07, 6.45) is 2.54. The van der Waals surface area contributed by atoms with E-state index in [1.807, 2.05) is 24.3 Å². The van der Waals surface area contributed by atoms with Crippen molar-refractivity contribution in [2.24, 2.45) is 5.92 Å². The Kier molecular flexibility index (Phi) is 7.52. The molecule has 1 aliphatic rings. The lowest BCUT2D eigenvalue weighted by Crippen LogP contribution is -2.60. The molecule has 1 aromatic carbocycles. The minimum absolute atomic E-state index is 0.0806. The van der Waals surface area contributed by atoms with Crippen molar-refractivity contribution in [2.75, 3.05) is 6.61 Å². The zero-order valence-corrected chi connectivity index (χ0v) is 19.0. The third-order valence-electron chi connectivity index (χ3n) is 5.26. The molecule has 0 amide bonds. The van der Waals surface area contributed by atoms with E-state index in [0.717, 1.165) is 24.0 Å². The van der Waals surface area contributed by atoms with Gasteiger partial charge in [0.2, 0.25) is 0 Å². The molecule has 1 aromatic rings. The number of piperidine rings is 1. The van der Waals surface area contributed by atoms with Crippen LogP contribution in [0.2, 0.25) is 0 Å². The number of ether oxygens (including phenoxy) is 2. The van der Waals surface area contributed by atoms with Gasteiger partial charge in [-0.25, -0.2) is 4.79 Å². The highest BCUT2D eigenvalue weighted by Crippen LogP contribution is 2.43. The van der Waals surface area contributed by atoms with E-state index in [4.69, 9.17) is 14.3 Å². The van der Waals surface area contributed by atoms with Gasteiger partial charge < -0.3 is 9.47 Å². The van der Waals surface area contributed by atoms with Crippen molar-refractivity contribution >= 4 is 12.2 Å². The molecule has 5 heteroatoms. The molecule has 162 valence electrons. The van der Waals surface area contributed by atoms with Crippen LogP contribution in [0.15, 0.2) is 30.8 Å². The van der Waals surface area contributed by atoms with E-state index in [0.29, 0.717) is 5.92 Å². The number of benzene rings is 1. The van der Waals surface area contributed by atoms with Crippen LogP contribution in [0.1, 0.15) is 78.5 Å². The number of hydroxylamine groups is 2. The van der Waals surface area contributed by atoms with Gasteiger partial charge in [0.1, 0.15) is 12.7 Å². The van der Waals surface area contributed by atoms with Crippen LogP contribution in [0.4, 0.5) is 4.79 Å². The Balaban J connectivity index is 2.25. The second-order valence-corrected chi connectivity index (χ2v) is 9.63. The van der Waals surface area contributed by atoms with Crippen LogP contribution < -0.4 is 0 Å². The van der Waals surface area contributed by atoms with E-state index < -0.39 is 12.3 Å². The summed E-state index contributed by atoms with van der Waals surface area (Å²) >= 11 is 0. The maximum Gasteiger partial charge on any atom is 0.508 e. The standard InChI is InChI=1S/C24H37NO4/c1-9-19-10-12-20(13-11-19)21(16-27-22(26)28-17(2)3)29-25-23(5,6)14-18(4)15-24(25,7)8/h9-13,17-18,21H,1,14-16H2,2-8H3. The predicted molar refractivity (Wildman–Crippen MR) is 116 cm³/mol. The Morgan fingerprint density at radius 2 is 1.72 bits per heavy atom. The van der Waals surface area contributed by atoms with E-state index in [-0.39, 0.29) is 23.8 Å². The molecule has 1 saturated heterocycles. The Bertz CT molecular complexity index is 675. The molecule has 1 aliphatic heterocycles. The highest BCUT2D eigenvalue weighted by atomic mass is 16.7. The molecule has 1 unspecified atom stereocenters. The van der Waals surface area contributed by atoms with Crippen molar-refractivity contribution in [3.8, 4) is 0 Å². The molecule has 0 bridgehead atoms. The minimum atomic E-state index is -0.679. The van der Waals surface area contributed by atoms with Gasteiger partial charge in [0.15, 0.2) is 0 Å². The molecule has 0 N–H and O–H groups in total. The highest BCUT2D eigenvalue weighted by Gasteiger charge is 2.46. The fourth-order valence-electron chi connectivity index (χ4n) is 4.58. The lowest BCUT2D eigenvalue weighted by atomic mass is 9.76. The first-order chi connectivity index (χ1) is 13.4. The molecule has 0 aromatic heterocycles. The normalized spacial score (nSPS) is 20.3. The molecule has 29 heavy (non-hydrogen) atoms. The predicted octanol–water partition coefficient (Wildman–Crippen LogP) is 6.15. The summed E-state index contributed by atoms with van der Waals surface area (Å²) in [4.78, 5) is 18.5. The van der Waals surface area contributed by atoms with Gasteiger partial charge in [0, 0.05) is 11.1 Å². The van der Waals surface area contributed by atoms with Gasteiger partial charge in [0.25, 0.3) is 0 Å². The second-order valence-electron chi connectivity index (χ2n) is 9.63. The van der Waals surface area contributed by atoms with Gasteiger partial charge in [-0.2, -0.15) is 5.06 Å². The zero-order valence-electron chi connectivity index (χ0n) is 19.0. The average molecular weight is 404 g/mol. The molecular formula is C24H37NO4. The zero-order chi connectivity index (χ0) is 21.8. The largest absolute Gasteiger partial charge is 0.508 e. The summed E-state index contributed by atoms with van der Waals surface area (Å²) in [5.41, 5.74) is 1.69. The fourth-order valence-corrected chi connectivity index (χ4v) is 4.58. The number of nitrogens with zero attached hydrogens (tertiary/aromatic N) is 1. The summed E-state index contributed by atoms with van der Waals surface area (Å²) in [6, 6.07) is 7.95. The van der Waals surface area contributed by atoms with E-state index in [2.05, 4.69) is 46.3 Å². The maximum absolute atomic E-state index is 12.0. The van der Waals surface area contributed by atoms with Gasteiger partial charge in [-0.15, -0.1) is 0 Å². The first kappa shape index (κ1) is 23.4. The average Bonchev–Trinajstić information content (AvgIpc) is 2.58. The number of carbonyl (C=O) groups is 1. The minimum Gasteiger partial charge on any atom is -0.432 e. The smallest absolute Gasteiger partial charge is 0.432 e. The molecule has 1 atom stereocenters. The van der Waals surface area contributed by atoms with Crippen LogP contribution in [-0.4, -0.2) is 35.0 Å². The van der Waals surface area contributed by atoms with E-state index >= 15 is 0 Å². The van der Waals surface area contributed by atoms with Crippen LogP contribution in [-0.2, 0) is 14.3 Å². The first-order valence-electron chi connectivity index (χ1n) is 10.5. The summed E-state index contributed by atoms with van der Waals surface area (Å²) in [7, 11) is 0. The molecule has 2 rings (SSSR count). The Morgan fingerprint density at radius 1 is 1.17 bits per heavy atom. The van der Waals surface area contributed by atoms with Gasteiger partial charge in [-0.05, 0) is 71.4 Å². The van der Waals surface area contributed by atoms with Crippen LogP contribution in [0, 0.1) is 5.92 Å². The molecule has 1 fully saturated rings. The second kappa shape index (κ2) is 9.31.